The Morgan fingerprint density at radius 2 is 2.00 bits per heavy atom. The normalized spacial score (nSPS) is 11.7. The van der Waals surface area contributed by atoms with E-state index in [1.165, 1.54) is 18.9 Å². The van der Waals surface area contributed by atoms with Gasteiger partial charge in [-0.3, -0.25) is 9.59 Å². The van der Waals surface area contributed by atoms with Crippen LogP contribution in [0.1, 0.15) is 23.2 Å². The Balaban J connectivity index is 2.02. The zero-order chi connectivity index (χ0) is 19.8. The van der Waals surface area contributed by atoms with Crippen molar-refractivity contribution in [1.82, 2.24) is 15.3 Å². The molecule has 0 bridgehead atoms. The van der Waals surface area contributed by atoms with Gasteiger partial charge in [-0.2, -0.15) is 0 Å². The molecule has 1 aromatic heterocycles. The first-order valence-electron chi connectivity index (χ1n) is 8.49. The number of esters is 1. The summed E-state index contributed by atoms with van der Waals surface area (Å²) in [5.74, 6) is -0.832. The van der Waals surface area contributed by atoms with Crippen molar-refractivity contribution in [1.29, 1.82) is 0 Å². The standard InChI is InChI=1S/C19H23N3O4S/c1-12-14(17(24)22-19(20-12)27-3)9-10-16(23)21-15(18(25)26-2)11-13-7-5-4-6-8-13/h4-8,15H,9-11H2,1-3H3,(H,21,23)(H,20,22,24). The summed E-state index contributed by atoms with van der Waals surface area (Å²) in [5, 5.41) is 3.24. The quantitative estimate of drug-likeness (QED) is 0.404. The van der Waals surface area contributed by atoms with E-state index in [0.29, 0.717) is 22.8 Å². The van der Waals surface area contributed by atoms with E-state index in [-0.39, 0.29) is 24.3 Å². The molecule has 144 valence electrons. The summed E-state index contributed by atoms with van der Waals surface area (Å²) in [6.07, 6.45) is 2.48. The number of ether oxygens (including phenoxy) is 1. The highest BCUT2D eigenvalue weighted by atomic mass is 32.2. The molecular weight excluding hydrogens is 366 g/mol. The number of rotatable bonds is 8. The maximum Gasteiger partial charge on any atom is 0.328 e. The Morgan fingerprint density at radius 1 is 1.30 bits per heavy atom. The van der Waals surface area contributed by atoms with Gasteiger partial charge in [-0.15, -0.1) is 0 Å². The van der Waals surface area contributed by atoms with Gasteiger partial charge in [0.05, 0.1) is 7.11 Å². The summed E-state index contributed by atoms with van der Waals surface area (Å²) in [5.41, 5.74) is 1.75. The lowest BCUT2D eigenvalue weighted by molar-refractivity contribution is -0.145. The van der Waals surface area contributed by atoms with Crippen LogP contribution in [0.2, 0.25) is 0 Å². The summed E-state index contributed by atoms with van der Waals surface area (Å²) < 4.78 is 4.79. The second kappa shape index (κ2) is 9.91. The summed E-state index contributed by atoms with van der Waals surface area (Å²) in [4.78, 5) is 43.4. The lowest BCUT2D eigenvalue weighted by Gasteiger charge is -2.16. The van der Waals surface area contributed by atoms with Crippen molar-refractivity contribution in [3.63, 3.8) is 0 Å². The lowest BCUT2D eigenvalue weighted by atomic mass is 10.1. The van der Waals surface area contributed by atoms with Crippen molar-refractivity contribution in [3.8, 4) is 0 Å². The fourth-order valence-electron chi connectivity index (χ4n) is 2.67. The summed E-state index contributed by atoms with van der Waals surface area (Å²) in [7, 11) is 1.29. The molecule has 2 N–H and O–H groups in total. The van der Waals surface area contributed by atoms with E-state index >= 15 is 0 Å². The molecule has 1 aromatic carbocycles. The van der Waals surface area contributed by atoms with Crippen LogP contribution in [0.4, 0.5) is 0 Å². The van der Waals surface area contributed by atoms with Crippen LogP contribution in [0.3, 0.4) is 0 Å². The number of aryl methyl sites for hydroxylation is 1. The molecule has 1 unspecified atom stereocenters. The Bertz CT molecular complexity index is 852. The minimum absolute atomic E-state index is 0.0759. The van der Waals surface area contributed by atoms with Crippen molar-refractivity contribution >= 4 is 23.6 Å². The minimum Gasteiger partial charge on any atom is -0.467 e. The van der Waals surface area contributed by atoms with E-state index in [0.717, 1.165) is 5.56 Å². The molecule has 1 amide bonds. The van der Waals surface area contributed by atoms with Gasteiger partial charge in [-0.1, -0.05) is 42.1 Å². The van der Waals surface area contributed by atoms with Crippen molar-refractivity contribution in [2.75, 3.05) is 13.4 Å². The first kappa shape index (κ1) is 20.7. The number of nitrogens with one attached hydrogen (secondary N) is 2. The average molecular weight is 389 g/mol. The number of H-pyrrole nitrogens is 1. The third-order valence-electron chi connectivity index (χ3n) is 4.10. The van der Waals surface area contributed by atoms with Crippen molar-refractivity contribution < 1.29 is 14.3 Å². The number of nitrogens with zero attached hydrogens (tertiary/aromatic N) is 1. The molecule has 0 saturated carbocycles. The zero-order valence-corrected chi connectivity index (χ0v) is 16.4. The molecule has 0 aliphatic rings. The predicted octanol–water partition coefficient (Wildman–Crippen LogP) is 1.63. The number of benzene rings is 1. The molecule has 0 radical (unpaired) electrons. The fourth-order valence-corrected chi connectivity index (χ4v) is 3.09. The van der Waals surface area contributed by atoms with E-state index in [1.54, 1.807) is 6.92 Å². The SMILES string of the molecule is COC(=O)C(Cc1ccccc1)NC(=O)CCc1c(C)nc(SC)[nH]c1=O. The van der Waals surface area contributed by atoms with E-state index in [9.17, 15) is 14.4 Å². The lowest BCUT2D eigenvalue weighted by Crippen LogP contribution is -2.43. The largest absolute Gasteiger partial charge is 0.467 e. The van der Waals surface area contributed by atoms with E-state index < -0.39 is 12.0 Å². The van der Waals surface area contributed by atoms with Crippen LogP contribution < -0.4 is 10.9 Å². The van der Waals surface area contributed by atoms with Crippen LogP contribution in [0, 0.1) is 6.92 Å². The van der Waals surface area contributed by atoms with E-state index in [1.807, 2.05) is 36.6 Å². The van der Waals surface area contributed by atoms with Crippen LogP contribution in [0.15, 0.2) is 40.3 Å². The van der Waals surface area contributed by atoms with Gasteiger partial charge in [0.1, 0.15) is 6.04 Å². The van der Waals surface area contributed by atoms with Gasteiger partial charge in [0.2, 0.25) is 5.91 Å². The summed E-state index contributed by atoms with van der Waals surface area (Å²) in [6.45, 7) is 1.74. The Kier molecular flexibility index (Phi) is 7.60. The molecule has 2 aromatic rings. The molecule has 0 fully saturated rings. The van der Waals surface area contributed by atoms with Gasteiger partial charge >= 0.3 is 5.97 Å². The number of carbonyl (C=O) groups excluding carboxylic acids is 2. The van der Waals surface area contributed by atoms with Gasteiger partial charge in [0, 0.05) is 24.1 Å². The molecule has 2 rings (SSSR count). The highest BCUT2D eigenvalue weighted by Crippen LogP contribution is 2.10. The number of aromatic nitrogens is 2. The topological polar surface area (TPSA) is 101 Å². The van der Waals surface area contributed by atoms with Crippen LogP contribution in [-0.2, 0) is 27.2 Å². The maximum absolute atomic E-state index is 12.3. The van der Waals surface area contributed by atoms with Gasteiger partial charge in [-0.05, 0) is 25.2 Å². The second-order valence-corrected chi connectivity index (χ2v) is 6.77. The van der Waals surface area contributed by atoms with Crippen molar-refractivity contribution in [3.05, 3.63) is 57.5 Å². The zero-order valence-electron chi connectivity index (χ0n) is 15.6. The number of hydrogen-bond acceptors (Lipinski definition) is 6. The second-order valence-electron chi connectivity index (χ2n) is 5.97. The smallest absolute Gasteiger partial charge is 0.328 e. The molecular formula is C19H23N3O4S. The number of carbonyl (C=O) groups is 2. The molecule has 7 nitrogen and oxygen atoms in total. The fraction of sp³-hybridized carbons (Fsp3) is 0.368. The van der Waals surface area contributed by atoms with E-state index in [2.05, 4.69) is 15.3 Å². The monoisotopic (exact) mass is 389 g/mol. The third kappa shape index (κ3) is 5.96. The molecule has 0 aliphatic heterocycles. The number of aromatic amines is 1. The Hall–Kier alpha value is -2.61. The van der Waals surface area contributed by atoms with Gasteiger partial charge < -0.3 is 15.0 Å². The molecule has 8 heteroatoms. The highest BCUT2D eigenvalue weighted by molar-refractivity contribution is 7.98. The molecule has 1 heterocycles. The molecule has 0 spiro atoms. The van der Waals surface area contributed by atoms with Crippen LogP contribution in [0.25, 0.3) is 0 Å². The van der Waals surface area contributed by atoms with Crippen LogP contribution >= 0.6 is 11.8 Å². The number of amides is 1. The maximum atomic E-state index is 12.3. The summed E-state index contributed by atoms with van der Waals surface area (Å²) in [6, 6.07) is 8.60. The van der Waals surface area contributed by atoms with Crippen LogP contribution in [0.5, 0.6) is 0 Å². The third-order valence-corrected chi connectivity index (χ3v) is 4.68. The molecule has 0 saturated heterocycles. The van der Waals surface area contributed by atoms with Gasteiger partial charge in [-0.25, -0.2) is 9.78 Å². The molecule has 27 heavy (non-hydrogen) atoms. The Morgan fingerprint density at radius 3 is 2.59 bits per heavy atom. The summed E-state index contributed by atoms with van der Waals surface area (Å²) >= 11 is 1.35. The van der Waals surface area contributed by atoms with Crippen molar-refractivity contribution in [2.24, 2.45) is 0 Å². The van der Waals surface area contributed by atoms with Gasteiger partial charge in [0.25, 0.3) is 5.56 Å². The van der Waals surface area contributed by atoms with E-state index in [4.69, 9.17) is 4.74 Å². The van der Waals surface area contributed by atoms with Gasteiger partial charge in [0.15, 0.2) is 5.16 Å². The first-order valence-corrected chi connectivity index (χ1v) is 9.72. The highest BCUT2D eigenvalue weighted by Gasteiger charge is 2.22. The number of methoxy groups -OCH3 is 1. The molecule has 1 atom stereocenters. The molecule has 0 aliphatic carbocycles. The first-order chi connectivity index (χ1) is 12.9. The Labute approximate surface area is 161 Å². The minimum atomic E-state index is -0.777. The predicted molar refractivity (Wildman–Crippen MR) is 104 cm³/mol. The number of hydrogen-bond donors (Lipinski definition) is 2. The average Bonchev–Trinajstić information content (AvgIpc) is 2.66. The number of thioether (sulfide) groups is 1. The van der Waals surface area contributed by atoms with Crippen molar-refractivity contribution in [2.45, 2.75) is 37.4 Å². The van der Waals surface area contributed by atoms with Crippen LogP contribution in [-0.4, -0.2) is 41.3 Å².